The number of imide groups is 1. The number of amides is 3. The zero-order valence-corrected chi connectivity index (χ0v) is 20.0. The summed E-state index contributed by atoms with van der Waals surface area (Å²) in [5, 5.41) is 2.78. The van der Waals surface area contributed by atoms with Crippen LogP contribution in [-0.2, 0) is 27.0 Å². The van der Waals surface area contributed by atoms with Crippen LogP contribution >= 0.6 is 0 Å². The number of ether oxygens (including phenoxy) is 1. The minimum atomic E-state index is -1.21. The summed E-state index contributed by atoms with van der Waals surface area (Å²) in [5.74, 6) is -0.690. The lowest BCUT2D eigenvalue weighted by Crippen LogP contribution is -2.41. The summed E-state index contributed by atoms with van der Waals surface area (Å²) in [6.07, 6.45) is 0. The molecule has 1 aromatic heterocycles. The third kappa shape index (κ3) is 4.21. The Bertz CT molecular complexity index is 1050. The topological polar surface area (TPSA) is 80.6 Å². The molecule has 1 N–H and O–H groups in total. The van der Waals surface area contributed by atoms with E-state index in [1.165, 1.54) is 0 Å². The fourth-order valence-corrected chi connectivity index (χ4v) is 4.18. The standard InChI is InChI=1S/C25H33N3O4/c1-16-14-20(17(2)27(16)12-13-32-7)21(29)15-28-22(30)25(6,26-23(28)31)19-10-8-18(9-11-19)24(3,4)5/h8-11,14H,12-13,15H2,1-7H3,(H,26,31). The molecule has 0 radical (unpaired) electrons. The van der Waals surface area contributed by atoms with E-state index in [-0.39, 0.29) is 17.7 Å². The second-order valence-corrected chi connectivity index (χ2v) is 9.63. The van der Waals surface area contributed by atoms with Gasteiger partial charge >= 0.3 is 6.03 Å². The number of hydrogen-bond donors (Lipinski definition) is 1. The van der Waals surface area contributed by atoms with Crippen molar-refractivity contribution in [2.45, 2.75) is 59.0 Å². The lowest BCUT2D eigenvalue weighted by atomic mass is 9.84. The number of rotatable bonds is 7. The molecule has 3 rings (SSSR count). The lowest BCUT2D eigenvalue weighted by molar-refractivity contribution is -0.130. The number of ketones is 1. The van der Waals surface area contributed by atoms with Gasteiger partial charge in [-0.3, -0.25) is 14.5 Å². The fraction of sp³-hybridized carbons (Fsp3) is 0.480. The van der Waals surface area contributed by atoms with E-state index in [0.29, 0.717) is 24.3 Å². The van der Waals surface area contributed by atoms with Crippen LogP contribution in [0.15, 0.2) is 30.3 Å². The maximum atomic E-state index is 13.3. The number of Topliss-reactive ketones (excluding diaryl/α,β-unsaturated/α-hetero) is 1. The van der Waals surface area contributed by atoms with Gasteiger partial charge in [-0.25, -0.2) is 4.79 Å². The molecule has 32 heavy (non-hydrogen) atoms. The molecule has 1 unspecified atom stereocenters. The van der Waals surface area contributed by atoms with Crippen LogP contribution < -0.4 is 5.32 Å². The van der Waals surface area contributed by atoms with Gasteiger partial charge in [0, 0.05) is 30.6 Å². The van der Waals surface area contributed by atoms with Crippen molar-refractivity contribution < 1.29 is 19.1 Å². The quantitative estimate of drug-likeness (QED) is 0.527. The first-order valence-corrected chi connectivity index (χ1v) is 10.8. The summed E-state index contributed by atoms with van der Waals surface area (Å²) >= 11 is 0. The zero-order valence-electron chi connectivity index (χ0n) is 20.0. The highest BCUT2D eigenvalue weighted by Gasteiger charge is 2.49. The number of aromatic nitrogens is 1. The van der Waals surface area contributed by atoms with Crippen molar-refractivity contribution in [3.63, 3.8) is 0 Å². The van der Waals surface area contributed by atoms with Crippen LogP contribution in [-0.4, -0.2) is 47.4 Å². The smallest absolute Gasteiger partial charge is 0.325 e. The highest BCUT2D eigenvalue weighted by Crippen LogP contribution is 2.31. The van der Waals surface area contributed by atoms with E-state index in [1.54, 1.807) is 20.1 Å². The number of hydrogen-bond acceptors (Lipinski definition) is 4. The number of nitrogens with one attached hydrogen (secondary N) is 1. The van der Waals surface area contributed by atoms with Gasteiger partial charge in [0.25, 0.3) is 5.91 Å². The maximum Gasteiger partial charge on any atom is 0.325 e. The van der Waals surface area contributed by atoms with Crippen LogP contribution in [0.5, 0.6) is 0 Å². The summed E-state index contributed by atoms with van der Waals surface area (Å²) in [5.41, 5.74) is 2.86. The molecule has 0 saturated carbocycles. The fourth-order valence-electron chi connectivity index (χ4n) is 4.18. The van der Waals surface area contributed by atoms with Gasteiger partial charge in [-0.2, -0.15) is 0 Å². The summed E-state index contributed by atoms with van der Waals surface area (Å²) < 4.78 is 7.14. The minimum Gasteiger partial charge on any atom is -0.383 e. The van der Waals surface area contributed by atoms with Gasteiger partial charge in [-0.15, -0.1) is 0 Å². The molecular formula is C25H33N3O4. The molecule has 2 aromatic rings. The molecule has 2 heterocycles. The Kier molecular flexibility index (Phi) is 6.33. The number of carbonyl (C=O) groups is 3. The number of nitrogens with zero attached hydrogens (tertiary/aromatic N) is 2. The van der Waals surface area contributed by atoms with Gasteiger partial charge in [0.2, 0.25) is 0 Å². The summed E-state index contributed by atoms with van der Waals surface area (Å²) in [7, 11) is 1.63. The molecule has 7 nitrogen and oxygen atoms in total. The van der Waals surface area contributed by atoms with Crippen molar-refractivity contribution >= 4 is 17.7 Å². The van der Waals surface area contributed by atoms with Crippen LogP contribution in [0.2, 0.25) is 0 Å². The Morgan fingerprint density at radius 1 is 1.12 bits per heavy atom. The third-order valence-electron chi connectivity index (χ3n) is 6.30. The molecule has 7 heteroatoms. The Morgan fingerprint density at radius 3 is 2.31 bits per heavy atom. The molecular weight excluding hydrogens is 406 g/mol. The van der Waals surface area contributed by atoms with Crippen molar-refractivity contribution in [1.82, 2.24) is 14.8 Å². The zero-order chi connectivity index (χ0) is 23.8. The Labute approximate surface area is 189 Å². The first kappa shape index (κ1) is 23.7. The van der Waals surface area contributed by atoms with E-state index >= 15 is 0 Å². The molecule has 1 fully saturated rings. The SMILES string of the molecule is COCCn1c(C)cc(C(=O)CN2C(=O)NC(C)(c3ccc(C(C)(C)C)cc3)C2=O)c1C. The Morgan fingerprint density at radius 2 is 1.75 bits per heavy atom. The Hall–Kier alpha value is -2.93. The van der Waals surface area contributed by atoms with Crippen LogP contribution in [0.25, 0.3) is 0 Å². The average Bonchev–Trinajstić information content (AvgIpc) is 3.13. The van der Waals surface area contributed by atoms with Gasteiger partial charge in [0.15, 0.2) is 5.78 Å². The number of benzene rings is 1. The molecule has 0 bridgehead atoms. The van der Waals surface area contributed by atoms with E-state index in [0.717, 1.165) is 21.9 Å². The first-order chi connectivity index (χ1) is 14.9. The normalized spacial score (nSPS) is 18.9. The molecule has 1 aliphatic rings. The molecule has 172 valence electrons. The van der Waals surface area contributed by atoms with Crippen LogP contribution in [0.4, 0.5) is 4.79 Å². The van der Waals surface area contributed by atoms with Crippen molar-refractivity contribution in [2.75, 3.05) is 20.3 Å². The molecule has 1 saturated heterocycles. The molecule has 1 atom stereocenters. The molecule has 0 spiro atoms. The second-order valence-electron chi connectivity index (χ2n) is 9.63. The van der Waals surface area contributed by atoms with Crippen molar-refractivity contribution in [2.24, 2.45) is 0 Å². The van der Waals surface area contributed by atoms with Gasteiger partial charge < -0.3 is 14.6 Å². The second kappa shape index (κ2) is 8.54. The monoisotopic (exact) mass is 439 g/mol. The van der Waals surface area contributed by atoms with Gasteiger partial charge in [-0.05, 0) is 43.4 Å². The van der Waals surface area contributed by atoms with Gasteiger partial charge in [-0.1, -0.05) is 45.0 Å². The van der Waals surface area contributed by atoms with Crippen LogP contribution in [0, 0.1) is 13.8 Å². The molecule has 1 aliphatic heterocycles. The summed E-state index contributed by atoms with van der Waals surface area (Å²) in [6.45, 7) is 12.7. The Balaban J connectivity index is 1.81. The van der Waals surface area contributed by atoms with Gasteiger partial charge in [0.1, 0.15) is 5.54 Å². The number of carbonyl (C=O) groups excluding carboxylic acids is 3. The van der Waals surface area contributed by atoms with E-state index in [1.807, 2.05) is 42.7 Å². The van der Waals surface area contributed by atoms with Crippen LogP contribution in [0.3, 0.4) is 0 Å². The van der Waals surface area contributed by atoms with E-state index in [4.69, 9.17) is 4.74 Å². The average molecular weight is 440 g/mol. The maximum absolute atomic E-state index is 13.3. The molecule has 3 amide bonds. The van der Waals surface area contributed by atoms with E-state index in [9.17, 15) is 14.4 Å². The largest absolute Gasteiger partial charge is 0.383 e. The highest BCUT2D eigenvalue weighted by atomic mass is 16.5. The first-order valence-electron chi connectivity index (χ1n) is 10.8. The molecule has 0 aliphatic carbocycles. The lowest BCUT2D eigenvalue weighted by Gasteiger charge is -2.24. The van der Waals surface area contributed by atoms with Crippen LogP contribution in [0.1, 0.15) is 60.6 Å². The number of urea groups is 1. The highest BCUT2D eigenvalue weighted by molar-refractivity contribution is 6.11. The summed E-state index contributed by atoms with van der Waals surface area (Å²) in [4.78, 5) is 40.0. The predicted molar refractivity (Wildman–Crippen MR) is 123 cm³/mol. The van der Waals surface area contributed by atoms with Crippen molar-refractivity contribution in [3.05, 3.63) is 58.4 Å². The summed E-state index contributed by atoms with van der Waals surface area (Å²) in [6, 6.07) is 8.93. The minimum absolute atomic E-state index is 0.0174. The third-order valence-corrected chi connectivity index (χ3v) is 6.30. The van der Waals surface area contributed by atoms with Crippen molar-refractivity contribution in [3.8, 4) is 0 Å². The van der Waals surface area contributed by atoms with E-state index < -0.39 is 17.5 Å². The van der Waals surface area contributed by atoms with E-state index in [2.05, 4.69) is 26.1 Å². The predicted octanol–water partition coefficient (Wildman–Crippen LogP) is 3.70. The van der Waals surface area contributed by atoms with Gasteiger partial charge in [0.05, 0.1) is 13.2 Å². The number of aryl methyl sites for hydroxylation is 1. The van der Waals surface area contributed by atoms with Crippen molar-refractivity contribution in [1.29, 1.82) is 0 Å². The molecule has 1 aromatic carbocycles. The number of methoxy groups -OCH3 is 1.